The van der Waals surface area contributed by atoms with Gasteiger partial charge in [-0.05, 0) is 131 Å². The van der Waals surface area contributed by atoms with Gasteiger partial charge in [0, 0.05) is 25.6 Å². The van der Waals surface area contributed by atoms with E-state index in [9.17, 15) is 0 Å². The Labute approximate surface area is 344 Å². The van der Waals surface area contributed by atoms with Gasteiger partial charge in [-0.1, -0.05) is 178 Å². The van der Waals surface area contributed by atoms with Crippen LogP contribution in [0, 0.1) is 0 Å². The first-order valence-electron chi connectivity index (χ1n) is 20.2. The summed E-state index contributed by atoms with van der Waals surface area (Å²) in [4.78, 5) is 0. The molecule has 0 atom stereocenters. The molecule has 0 bridgehead atoms. The Kier molecular flexibility index (Phi) is 8.13. The number of rotatable bonds is 6. The molecule has 274 valence electrons. The quantitative estimate of drug-likeness (QED) is 0.158. The lowest BCUT2D eigenvalue weighted by Crippen LogP contribution is -2.14. The molecule has 1 heteroatoms. The van der Waals surface area contributed by atoms with Gasteiger partial charge >= 0.3 is 0 Å². The van der Waals surface area contributed by atoms with Crippen molar-refractivity contribution in [3.8, 4) is 77.9 Å². The van der Waals surface area contributed by atoms with Gasteiger partial charge in [-0.3, -0.25) is 0 Å². The molecule has 10 aromatic rings. The molecule has 0 N–H and O–H groups in total. The lowest BCUT2D eigenvalue weighted by Gasteiger charge is -2.21. The van der Waals surface area contributed by atoms with Gasteiger partial charge in [0.05, 0.1) is 0 Å². The molecule has 9 aromatic carbocycles. The zero-order valence-corrected chi connectivity index (χ0v) is 33.4. The molecule has 0 aliphatic heterocycles. The van der Waals surface area contributed by atoms with E-state index in [2.05, 4.69) is 220 Å². The van der Waals surface area contributed by atoms with Gasteiger partial charge in [0.15, 0.2) is 0 Å². The summed E-state index contributed by atoms with van der Waals surface area (Å²) < 4.78 is 2.66. The molecule has 1 heterocycles. The monoisotopic (exact) mass is 756 g/mol. The highest BCUT2D eigenvalue weighted by Gasteiger charge is 2.36. The van der Waals surface area contributed by atoms with Crippen molar-refractivity contribution < 1.29 is 0 Å². The number of hydrogen-bond donors (Lipinski definition) is 0. The third-order valence-corrected chi connectivity index (χ3v) is 13.4. The highest BCUT2D eigenvalue weighted by Crippen LogP contribution is 2.52. The summed E-state index contributed by atoms with van der Waals surface area (Å²) in [5.74, 6) is 0. The molecular formula is C57H40S. The normalized spacial score (nSPS) is 12.8. The number of benzene rings is 9. The standard InChI is InChI=1S/C57H40S/c1-57(2)51-28-5-3-24-49(51)55-47(26-12-29-52(55)57)45-22-10-20-43(35-45)41-18-8-16-39(33-41)37-14-7-15-38(32-37)40-17-9-19-42(34-40)44-21-11-23-46(36-44)48-27-13-31-54-56(48)50-25-4-6-30-53(50)58-54/h3-36H,1-2H3. The maximum atomic E-state index is 2.36. The Balaban J connectivity index is 0.910. The zero-order chi connectivity index (χ0) is 38.8. The van der Waals surface area contributed by atoms with Crippen LogP contribution in [0.5, 0.6) is 0 Å². The molecule has 1 aliphatic carbocycles. The van der Waals surface area contributed by atoms with Crippen LogP contribution < -0.4 is 0 Å². The highest BCUT2D eigenvalue weighted by molar-refractivity contribution is 7.25. The smallest absolute Gasteiger partial charge is 0.0361 e. The fourth-order valence-electron chi connectivity index (χ4n) is 9.38. The Bertz CT molecular complexity index is 3210. The molecule has 11 rings (SSSR count). The van der Waals surface area contributed by atoms with Crippen molar-refractivity contribution in [2.45, 2.75) is 19.3 Å². The largest absolute Gasteiger partial charge is 0.135 e. The molecule has 58 heavy (non-hydrogen) atoms. The van der Waals surface area contributed by atoms with Crippen LogP contribution in [0.2, 0.25) is 0 Å². The molecule has 0 saturated carbocycles. The maximum Gasteiger partial charge on any atom is 0.0361 e. The summed E-state index contributed by atoms with van der Waals surface area (Å²) in [5, 5.41) is 2.67. The lowest BCUT2D eigenvalue weighted by atomic mass is 9.82. The minimum absolute atomic E-state index is 0.0232. The van der Waals surface area contributed by atoms with Gasteiger partial charge < -0.3 is 0 Å². The van der Waals surface area contributed by atoms with Crippen LogP contribution in [-0.2, 0) is 5.41 Å². The number of thiophene rings is 1. The van der Waals surface area contributed by atoms with Crippen LogP contribution in [0.25, 0.3) is 98.1 Å². The van der Waals surface area contributed by atoms with E-state index in [4.69, 9.17) is 0 Å². The van der Waals surface area contributed by atoms with Crippen molar-refractivity contribution in [3.63, 3.8) is 0 Å². The van der Waals surface area contributed by atoms with E-state index in [1.54, 1.807) is 0 Å². The van der Waals surface area contributed by atoms with Gasteiger partial charge in [0.1, 0.15) is 0 Å². The first-order valence-corrected chi connectivity index (χ1v) is 21.0. The van der Waals surface area contributed by atoms with Crippen LogP contribution in [0.1, 0.15) is 25.0 Å². The van der Waals surface area contributed by atoms with Crippen molar-refractivity contribution >= 4 is 31.5 Å². The van der Waals surface area contributed by atoms with E-state index in [1.807, 2.05) is 11.3 Å². The molecule has 0 nitrogen and oxygen atoms in total. The average molecular weight is 757 g/mol. The van der Waals surface area contributed by atoms with E-state index < -0.39 is 0 Å². The van der Waals surface area contributed by atoms with Gasteiger partial charge in [0.25, 0.3) is 0 Å². The fraction of sp³-hybridized carbons (Fsp3) is 0.0526. The molecule has 0 unspecified atom stereocenters. The second-order valence-corrected chi connectivity index (χ2v) is 17.2. The Morgan fingerprint density at radius 3 is 1.28 bits per heavy atom. The predicted octanol–water partition coefficient (Wildman–Crippen LogP) is 16.4. The molecule has 0 radical (unpaired) electrons. The lowest BCUT2D eigenvalue weighted by molar-refractivity contribution is 0.660. The fourth-order valence-corrected chi connectivity index (χ4v) is 10.5. The average Bonchev–Trinajstić information content (AvgIpc) is 3.79. The first-order chi connectivity index (χ1) is 28.5. The summed E-state index contributed by atoms with van der Waals surface area (Å²) in [6, 6.07) is 76.2. The molecule has 0 amide bonds. The van der Waals surface area contributed by atoms with Crippen molar-refractivity contribution in [1.29, 1.82) is 0 Å². The SMILES string of the molecule is CC1(C)c2ccccc2-c2c(-c3cccc(-c4cccc(-c5cccc(-c6cccc(-c7cccc(-c8cccc9sc%10ccccc%10c89)c7)c6)c5)c4)c3)cccc21. The Morgan fingerprint density at radius 2 is 0.690 bits per heavy atom. The van der Waals surface area contributed by atoms with Gasteiger partial charge in [0.2, 0.25) is 0 Å². The van der Waals surface area contributed by atoms with E-state index >= 15 is 0 Å². The van der Waals surface area contributed by atoms with Crippen molar-refractivity contribution in [2.75, 3.05) is 0 Å². The molecular weight excluding hydrogens is 717 g/mol. The second-order valence-electron chi connectivity index (χ2n) is 16.1. The van der Waals surface area contributed by atoms with Crippen LogP contribution >= 0.6 is 11.3 Å². The number of hydrogen-bond acceptors (Lipinski definition) is 1. The molecule has 1 aliphatic rings. The zero-order valence-electron chi connectivity index (χ0n) is 32.5. The Hall–Kier alpha value is -6.80. The van der Waals surface area contributed by atoms with E-state index in [-0.39, 0.29) is 5.41 Å². The highest BCUT2D eigenvalue weighted by atomic mass is 32.1. The van der Waals surface area contributed by atoms with Crippen LogP contribution in [0.4, 0.5) is 0 Å². The molecule has 0 saturated heterocycles. The summed E-state index contributed by atoms with van der Waals surface area (Å²) in [6.45, 7) is 4.70. The second kappa shape index (κ2) is 13.7. The molecule has 1 aromatic heterocycles. The van der Waals surface area contributed by atoms with E-state index in [0.717, 1.165) is 0 Å². The van der Waals surface area contributed by atoms with Crippen molar-refractivity contribution in [2.24, 2.45) is 0 Å². The molecule has 0 fully saturated rings. The summed E-state index contributed by atoms with van der Waals surface area (Å²) in [5.41, 5.74) is 20.3. The van der Waals surface area contributed by atoms with E-state index in [0.29, 0.717) is 0 Å². The van der Waals surface area contributed by atoms with Crippen LogP contribution in [-0.4, -0.2) is 0 Å². The summed E-state index contributed by atoms with van der Waals surface area (Å²) >= 11 is 1.87. The molecule has 0 spiro atoms. The predicted molar refractivity (Wildman–Crippen MR) is 250 cm³/mol. The third kappa shape index (κ3) is 5.73. The maximum absolute atomic E-state index is 2.36. The third-order valence-electron chi connectivity index (χ3n) is 12.3. The summed E-state index contributed by atoms with van der Waals surface area (Å²) in [6.07, 6.45) is 0. The van der Waals surface area contributed by atoms with Crippen LogP contribution in [0.3, 0.4) is 0 Å². The van der Waals surface area contributed by atoms with Crippen molar-refractivity contribution in [1.82, 2.24) is 0 Å². The van der Waals surface area contributed by atoms with Gasteiger partial charge in [-0.2, -0.15) is 0 Å². The minimum atomic E-state index is -0.0232. The first kappa shape index (κ1) is 34.4. The summed E-state index contributed by atoms with van der Waals surface area (Å²) in [7, 11) is 0. The van der Waals surface area contributed by atoms with Crippen molar-refractivity contribution in [3.05, 3.63) is 217 Å². The topological polar surface area (TPSA) is 0 Å². The van der Waals surface area contributed by atoms with Gasteiger partial charge in [-0.15, -0.1) is 11.3 Å². The van der Waals surface area contributed by atoms with Crippen LogP contribution in [0.15, 0.2) is 206 Å². The van der Waals surface area contributed by atoms with E-state index in [1.165, 1.54) is 109 Å². The minimum Gasteiger partial charge on any atom is -0.135 e. The Morgan fingerprint density at radius 1 is 0.310 bits per heavy atom. The van der Waals surface area contributed by atoms with Gasteiger partial charge in [-0.25, -0.2) is 0 Å². The number of fused-ring (bicyclic) bond motifs is 6.